The van der Waals surface area contributed by atoms with Crippen LogP contribution in [0, 0.1) is 0 Å². The summed E-state index contributed by atoms with van der Waals surface area (Å²) in [5.41, 5.74) is 0.524. The summed E-state index contributed by atoms with van der Waals surface area (Å²) in [7, 11) is -0.990. The molecule has 2 rings (SSSR count). The van der Waals surface area contributed by atoms with E-state index < -0.39 is 28.5 Å². The van der Waals surface area contributed by atoms with E-state index in [0.29, 0.717) is 11.4 Å². The van der Waals surface area contributed by atoms with Crippen molar-refractivity contribution in [3.05, 3.63) is 54.1 Å². The first kappa shape index (κ1) is 22.2. The zero-order chi connectivity index (χ0) is 21.6. The van der Waals surface area contributed by atoms with E-state index >= 15 is 0 Å². The molecule has 0 bridgehead atoms. The molecule has 2 aromatic rings. The number of carbonyl (C=O) groups excluding carboxylic acids is 2. The zero-order valence-electron chi connectivity index (χ0n) is 16.7. The summed E-state index contributed by atoms with van der Waals surface area (Å²) in [5, 5.41) is 2.60. The number of sulfonamides is 1. The highest BCUT2D eigenvalue weighted by molar-refractivity contribution is 7.92. The number of nitrogens with zero attached hydrogens (tertiary/aromatic N) is 1. The van der Waals surface area contributed by atoms with Crippen LogP contribution in [0.3, 0.4) is 0 Å². The molecule has 0 fully saturated rings. The second-order valence-electron chi connectivity index (χ2n) is 6.47. The molecule has 0 radical (unpaired) electrons. The summed E-state index contributed by atoms with van der Waals surface area (Å²) in [6, 6.07) is 12.0. The van der Waals surface area contributed by atoms with Crippen molar-refractivity contribution in [2.24, 2.45) is 0 Å². The van der Waals surface area contributed by atoms with Crippen LogP contribution in [0.5, 0.6) is 5.75 Å². The molecule has 29 heavy (non-hydrogen) atoms. The second kappa shape index (κ2) is 9.42. The Balaban J connectivity index is 2.14. The van der Waals surface area contributed by atoms with Crippen molar-refractivity contribution in [2.45, 2.75) is 24.8 Å². The van der Waals surface area contributed by atoms with Crippen molar-refractivity contribution in [1.82, 2.24) is 5.32 Å². The number of anilines is 1. The van der Waals surface area contributed by atoms with Gasteiger partial charge in [0.2, 0.25) is 0 Å². The van der Waals surface area contributed by atoms with E-state index in [-0.39, 0.29) is 16.5 Å². The van der Waals surface area contributed by atoms with Crippen LogP contribution in [0.25, 0.3) is 0 Å². The number of nitrogens with one attached hydrogen (secondary N) is 1. The van der Waals surface area contributed by atoms with Crippen LogP contribution < -0.4 is 14.4 Å². The summed E-state index contributed by atoms with van der Waals surface area (Å²) in [5.74, 6) is -0.713. The number of benzene rings is 2. The fraction of sp³-hybridized carbons (Fsp3) is 0.300. The van der Waals surface area contributed by atoms with Gasteiger partial charge in [0.15, 0.2) is 6.61 Å². The molecule has 0 saturated carbocycles. The molecule has 0 aliphatic rings. The van der Waals surface area contributed by atoms with Crippen molar-refractivity contribution in [3.63, 3.8) is 0 Å². The molecule has 1 amide bonds. The Bertz CT molecular complexity index is 971. The maximum Gasteiger partial charge on any atom is 0.338 e. The van der Waals surface area contributed by atoms with Crippen LogP contribution in [-0.4, -0.2) is 47.1 Å². The third-order valence-electron chi connectivity index (χ3n) is 3.96. The maximum absolute atomic E-state index is 12.9. The van der Waals surface area contributed by atoms with Gasteiger partial charge in [0, 0.05) is 13.1 Å². The minimum absolute atomic E-state index is 0.00000644. The largest absolute Gasteiger partial charge is 0.495 e. The topological polar surface area (TPSA) is 102 Å². The van der Waals surface area contributed by atoms with Crippen molar-refractivity contribution >= 4 is 27.6 Å². The van der Waals surface area contributed by atoms with Crippen molar-refractivity contribution < 1.29 is 27.5 Å². The lowest BCUT2D eigenvalue weighted by molar-refractivity contribution is -0.124. The van der Waals surface area contributed by atoms with Crippen LogP contribution in [0.1, 0.15) is 24.2 Å². The molecule has 156 valence electrons. The van der Waals surface area contributed by atoms with Gasteiger partial charge in [-0.05, 0) is 50.2 Å². The van der Waals surface area contributed by atoms with Gasteiger partial charge < -0.3 is 14.8 Å². The van der Waals surface area contributed by atoms with E-state index in [1.54, 1.807) is 38.1 Å². The van der Waals surface area contributed by atoms with Crippen LogP contribution in [0.15, 0.2) is 53.4 Å². The third kappa shape index (κ3) is 5.47. The summed E-state index contributed by atoms with van der Waals surface area (Å²) in [6.45, 7) is 3.18. The molecule has 1 N–H and O–H groups in total. The number of methoxy groups -OCH3 is 1. The molecule has 0 spiro atoms. The predicted octanol–water partition coefficient (Wildman–Crippen LogP) is 2.20. The van der Waals surface area contributed by atoms with Crippen LogP contribution in [-0.2, 0) is 19.6 Å². The van der Waals surface area contributed by atoms with E-state index in [1.807, 2.05) is 0 Å². The first-order valence-corrected chi connectivity index (χ1v) is 10.3. The molecule has 0 aliphatic carbocycles. The van der Waals surface area contributed by atoms with Gasteiger partial charge in [0.1, 0.15) is 5.75 Å². The first-order valence-electron chi connectivity index (χ1n) is 8.85. The van der Waals surface area contributed by atoms with Crippen LogP contribution in [0.4, 0.5) is 5.69 Å². The Kier molecular flexibility index (Phi) is 7.22. The molecule has 0 aromatic heterocycles. The maximum atomic E-state index is 12.9. The van der Waals surface area contributed by atoms with Gasteiger partial charge in [-0.1, -0.05) is 12.1 Å². The fourth-order valence-electron chi connectivity index (χ4n) is 2.52. The molecule has 8 nitrogen and oxygen atoms in total. The van der Waals surface area contributed by atoms with Gasteiger partial charge in [-0.15, -0.1) is 0 Å². The molecule has 9 heteroatoms. The lowest BCUT2D eigenvalue weighted by Gasteiger charge is -2.21. The molecule has 0 atom stereocenters. The lowest BCUT2D eigenvalue weighted by atomic mass is 10.2. The van der Waals surface area contributed by atoms with Crippen molar-refractivity contribution in [1.29, 1.82) is 0 Å². The highest BCUT2D eigenvalue weighted by atomic mass is 32.2. The number of rotatable bonds is 8. The SMILES string of the molecule is COc1ccccc1N(C)S(=O)(=O)c1ccc(C(=O)OCC(=O)NC(C)C)cc1. The van der Waals surface area contributed by atoms with Gasteiger partial charge in [-0.2, -0.15) is 0 Å². The van der Waals surface area contributed by atoms with Gasteiger partial charge in [-0.3, -0.25) is 9.10 Å². The van der Waals surface area contributed by atoms with E-state index in [2.05, 4.69) is 5.32 Å². The number of hydrogen-bond donors (Lipinski definition) is 1. The number of carbonyl (C=O) groups is 2. The Hall–Kier alpha value is -3.07. The van der Waals surface area contributed by atoms with Crippen molar-refractivity contribution in [2.75, 3.05) is 25.1 Å². The summed E-state index contributed by atoms with van der Waals surface area (Å²) < 4.78 is 37.1. The Morgan fingerprint density at radius 2 is 1.69 bits per heavy atom. The monoisotopic (exact) mass is 420 g/mol. The van der Waals surface area contributed by atoms with Crippen molar-refractivity contribution in [3.8, 4) is 5.75 Å². The van der Waals surface area contributed by atoms with Gasteiger partial charge in [-0.25, -0.2) is 13.2 Å². The molecule has 0 saturated heterocycles. The quantitative estimate of drug-likeness (QED) is 0.657. The standard InChI is InChI=1S/C20H24N2O6S/c1-14(2)21-19(23)13-28-20(24)15-9-11-16(12-10-15)29(25,26)22(3)17-7-5-6-8-18(17)27-4/h5-12,14H,13H2,1-4H3,(H,21,23). The van der Waals surface area contributed by atoms with Crippen LogP contribution in [0.2, 0.25) is 0 Å². The Labute approximate surface area is 170 Å². The minimum atomic E-state index is -3.87. The van der Waals surface area contributed by atoms with E-state index in [9.17, 15) is 18.0 Å². The average Bonchev–Trinajstić information content (AvgIpc) is 2.71. The summed E-state index contributed by atoms with van der Waals surface area (Å²) in [4.78, 5) is 23.6. The van der Waals surface area contributed by atoms with E-state index in [4.69, 9.17) is 9.47 Å². The molecule has 0 heterocycles. The number of para-hydroxylation sites is 2. The smallest absolute Gasteiger partial charge is 0.338 e. The van der Waals surface area contributed by atoms with Gasteiger partial charge in [0.25, 0.3) is 15.9 Å². The average molecular weight is 420 g/mol. The number of esters is 1. The first-order chi connectivity index (χ1) is 13.7. The number of amides is 1. The minimum Gasteiger partial charge on any atom is -0.495 e. The molecular formula is C20H24N2O6S. The summed E-state index contributed by atoms with van der Waals surface area (Å²) in [6.07, 6.45) is 0. The van der Waals surface area contributed by atoms with E-state index in [0.717, 1.165) is 4.31 Å². The molecule has 0 unspecified atom stereocenters. The Morgan fingerprint density at radius 1 is 1.07 bits per heavy atom. The lowest BCUT2D eigenvalue weighted by Crippen LogP contribution is -2.34. The van der Waals surface area contributed by atoms with Crippen LogP contribution >= 0.6 is 0 Å². The Morgan fingerprint density at radius 3 is 2.28 bits per heavy atom. The molecular weight excluding hydrogens is 396 g/mol. The number of hydrogen-bond acceptors (Lipinski definition) is 6. The predicted molar refractivity (Wildman–Crippen MR) is 109 cm³/mol. The third-order valence-corrected chi connectivity index (χ3v) is 5.74. The molecule has 2 aromatic carbocycles. The second-order valence-corrected chi connectivity index (χ2v) is 8.44. The zero-order valence-corrected chi connectivity index (χ0v) is 17.5. The van der Waals surface area contributed by atoms with Gasteiger partial charge >= 0.3 is 5.97 Å². The van der Waals surface area contributed by atoms with Gasteiger partial charge in [0.05, 0.1) is 23.3 Å². The highest BCUT2D eigenvalue weighted by Gasteiger charge is 2.24. The molecule has 0 aliphatic heterocycles. The summed E-state index contributed by atoms with van der Waals surface area (Å²) >= 11 is 0. The van der Waals surface area contributed by atoms with E-state index in [1.165, 1.54) is 38.4 Å². The fourth-order valence-corrected chi connectivity index (χ4v) is 3.72. The highest BCUT2D eigenvalue weighted by Crippen LogP contribution is 2.30. The normalized spacial score (nSPS) is 11.1. The number of ether oxygens (including phenoxy) is 2.